The summed E-state index contributed by atoms with van der Waals surface area (Å²) >= 11 is 14.9. The minimum absolute atomic E-state index is 0.0516. The Morgan fingerprint density at radius 3 is 2.71 bits per heavy atom. The first-order valence-corrected chi connectivity index (χ1v) is 14.2. The van der Waals surface area contributed by atoms with Gasteiger partial charge in [-0.05, 0) is 42.7 Å². The van der Waals surface area contributed by atoms with Gasteiger partial charge in [0.05, 0.1) is 33.4 Å². The predicted octanol–water partition coefficient (Wildman–Crippen LogP) is 5.88. The summed E-state index contributed by atoms with van der Waals surface area (Å²) in [5.74, 6) is -0.549. The smallest absolute Gasteiger partial charge is 0.234 e. The fourth-order valence-corrected chi connectivity index (χ4v) is 6.51. The van der Waals surface area contributed by atoms with Crippen LogP contribution in [0.2, 0.25) is 10.0 Å². The Bertz CT molecular complexity index is 1530. The van der Waals surface area contributed by atoms with Gasteiger partial charge in [-0.1, -0.05) is 70.6 Å². The third-order valence-corrected chi connectivity index (χ3v) is 8.94. The van der Waals surface area contributed by atoms with E-state index in [0.717, 1.165) is 0 Å². The van der Waals surface area contributed by atoms with Crippen LogP contribution in [-0.2, 0) is 9.59 Å². The number of amides is 1. The number of carbonyl (C=O) groups excluding carboxylic acids is 2. The van der Waals surface area contributed by atoms with Gasteiger partial charge in [-0.25, -0.2) is 0 Å². The molecule has 2 aromatic carbocycles. The van der Waals surface area contributed by atoms with Crippen molar-refractivity contribution in [3.8, 4) is 6.07 Å². The summed E-state index contributed by atoms with van der Waals surface area (Å²) in [5.41, 5.74) is 9.39. The van der Waals surface area contributed by atoms with Crippen molar-refractivity contribution in [1.82, 2.24) is 10.2 Å². The number of para-hydroxylation sites is 1. The van der Waals surface area contributed by atoms with E-state index >= 15 is 0 Å². The molecule has 0 radical (unpaired) electrons. The zero-order valence-electron chi connectivity index (χ0n) is 19.8. The van der Waals surface area contributed by atoms with Gasteiger partial charge in [-0.2, -0.15) is 5.26 Å². The predicted molar refractivity (Wildman–Crippen MR) is 150 cm³/mol. The average molecular weight is 584 g/mol. The van der Waals surface area contributed by atoms with E-state index in [9.17, 15) is 14.9 Å². The quantitative estimate of drug-likeness (QED) is 0.345. The molecule has 1 aliphatic heterocycles. The fraction of sp³-hybridized carbons (Fsp3) is 0.192. The molecule has 8 nitrogen and oxygen atoms in total. The molecule has 0 saturated carbocycles. The first kappa shape index (κ1) is 26.3. The maximum Gasteiger partial charge on any atom is 0.234 e. The number of thioether (sulfide) groups is 1. The van der Waals surface area contributed by atoms with E-state index in [2.05, 4.69) is 21.6 Å². The summed E-state index contributed by atoms with van der Waals surface area (Å²) in [6.45, 7) is 0. The molecule has 0 fully saturated rings. The monoisotopic (exact) mass is 582 g/mol. The van der Waals surface area contributed by atoms with Gasteiger partial charge >= 0.3 is 0 Å². The zero-order valence-corrected chi connectivity index (χ0v) is 22.9. The topological polar surface area (TPSA) is 125 Å². The minimum atomic E-state index is -0.655. The summed E-state index contributed by atoms with van der Waals surface area (Å²) in [4.78, 5) is 27.3. The van der Waals surface area contributed by atoms with Crippen molar-refractivity contribution in [2.75, 3.05) is 16.0 Å². The number of benzene rings is 2. The summed E-state index contributed by atoms with van der Waals surface area (Å²) < 4.78 is 0.561. The standard InChI is InChI=1S/C26H20Cl2N6O2S2/c27-17-10-9-14(11-18(17)28)22-16(12-29)24(30)34(19-7-4-8-20(35)23(19)22)25-32-33-26(38-25)37-13-21(36)31-15-5-2-1-3-6-15/h1-3,5-6,9-11,22H,4,7-8,13,30H2,(H,31,36). The number of nitrogens with one attached hydrogen (secondary N) is 1. The lowest BCUT2D eigenvalue weighted by atomic mass is 9.76. The lowest BCUT2D eigenvalue weighted by Crippen LogP contribution is -2.38. The molecule has 0 saturated heterocycles. The van der Waals surface area contributed by atoms with Crippen LogP contribution in [0.1, 0.15) is 30.7 Å². The van der Waals surface area contributed by atoms with Gasteiger partial charge in [-0.15, -0.1) is 10.2 Å². The number of Topliss-reactive ketones (excluding diaryl/α,β-unsaturated/α-hetero) is 1. The van der Waals surface area contributed by atoms with E-state index in [1.165, 1.54) is 23.1 Å². The number of nitriles is 1. The summed E-state index contributed by atoms with van der Waals surface area (Å²) in [5, 5.41) is 22.6. The highest BCUT2D eigenvalue weighted by Crippen LogP contribution is 2.47. The maximum absolute atomic E-state index is 13.2. The Kier molecular flexibility index (Phi) is 7.72. The van der Waals surface area contributed by atoms with Crippen molar-refractivity contribution in [3.63, 3.8) is 0 Å². The molecule has 5 rings (SSSR count). The van der Waals surface area contributed by atoms with Crippen molar-refractivity contribution in [2.45, 2.75) is 29.5 Å². The van der Waals surface area contributed by atoms with E-state index in [4.69, 9.17) is 28.9 Å². The largest absolute Gasteiger partial charge is 0.384 e. The molecule has 3 aromatic rings. The van der Waals surface area contributed by atoms with Crippen LogP contribution in [0.3, 0.4) is 0 Å². The molecular weight excluding hydrogens is 563 g/mol. The maximum atomic E-state index is 13.2. The molecule has 38 heavy (non-hydrogen) atoms. The lowest BCUT2D eigenvalue weighted by molar-refractivity contribution is -0.116. The van der Waals surface area contributed by atoms with Gasteiger partial charge in [0.15, 0.2) is 10.1 Å². The molecule has 2 aliphatic rings. The molecule has 1 amide bonds. The van der Waals surface area contributed by atoms with Crippen LogP contribution in [0.15, 0.2) is 75.5 Å². The number of carbonyl (C=O) groups is 2. The average Bonchev–Trinajstić information content (AvgIpc) is 3.37. The van der Waals surface area contributed by atoms with Gasteiger partial charge in [0.25, 0.3) is 0 Å². The third kappa shape index (κ3) is 5.15. The summed E-state index contributed by atoms with van der Waals surface area (Å²) in [6.07, 6.45) is 1.61. The SMILES string of the molecule is N#CC1=C(N)N(c2nnc(SCC(=O)Nc3ccccc3)s2)C2=C(C(=O)CCC2)C1c1ccc(Cl)c(Cl)c1. The Hall–Kier alpha value is -3.36. The number of aromatic nitrogens is 2. The molecule has 1 atom stereocenters. The number of nitrogens with two attached hydrogens (primary N) is 1. The highest BCUT2D eigenvalue weighted by atomic mass is 35.5. The molecular formula is C26H20Cl2N6O2S2. The molecule has 192 valence electrons. The van der Waals surface area contributed by atoms with Crippen LogP contribution in [0, 0.1) is 11.3 Å². The first-order chi connectivity index (χ1) is 18.4. The van der Waals surface area contributed by atoms with Gasteiger partial charge < -0.3 is 11.1 Å². The van der Waals surface area contributed by atoms with Crippen LogP contribution >= 0.6 is 46.3 Å². The summed E-state index contributed by atoms with van der Waals surface area (Å²) in [6, 6.07) is 16.5. The van der Waals surface area contributed by atoms with Crippen molar-refractivity contribution in [3.05, 3.63) is 86.8 Å². The molecule has 2 heterocycles. The highest BCUT2D eigenvalue weighted by Gasteiger charge is 2.41. The van der Waals surface area contributed by atoms with Crippen molar-refractivity contribution < 1.29 is 9.59 Å². The van der Waals surface area contributed by atoms with Crippen molar-refractivity contribution in [1.29, 1.82) is 5.26 Å². The van der Waals surface area contributed by atoms with Gasteiger partial charge in [0, 0.05) is 23.4 Å². The molecule has 3 N–H and O–H groups in total. The van der Waals surface area contributed by atoms with Crippen LogP contribution in [-0.4, -0.2) is 27.6 Å². The minimum Gasteiger partial charge on any atom is -0.384 e. The Balaban J connectivity index is 1.45. The Morgan fingerprint density at radius 1 is 1.18 bits per heavy atom. The number of hydrogen-bond donors (Lipinski definition) is 2. The third-order valence-electron chi connectivity index (χ3n) is 6.16. The molecule has 1 aromatic heterocycles. The highest BCUT2D eigenvalue weighted by molar-refractivity contribution is 8.01. The van der Waals surface area contributed by atoms with E-state index in [1.807, 2.05) is 30.3 Å². The van der Waals surface area contributed by atoms with Gasteiger partial charge in [0.1, 0.15) is 5.82 Å². The first-order valence-electron chi connectivity index (χ1n) is 11.6. The number of allylic oxidation sites excluding steroid dienone is 3. The van der Waals surface area contributed by atoms with Gasteiger partial charge in [-0.3, -0.25) is 14.5 Å². The van der Waals surface area contributed by atoms with Crippen LogP contribution in [0.4, 0.5) is 10.8 Å². The number of rotatable bonds is 6. The van der Waals surface area contributed by atoms with Crippen molar-refractivity contribution in [2.24, 2.45) is 5.73 Å². The molecule has 1 unspecified atom stereocenters. The van der Waals surface area contributed by atoms with Crippen molar-refractivity contribution >= 4 is 68.8 Å². The van der Waals surface area contributed by atoms with Crippen LogP contribution in [0.5, 0.6) is 0 Å². The molecule has 12 heteroatoms. The van der Waals surface area contributed by atoms with Crippen LogP contribution < -0.4 is 16.0 Å². The Morgan fingerprint density at radius 2 is 1.97 bits per heavy atom. The molecule has 0 bridgehead atoms. The number of nitrogens with zero attached hydrogens (tertiary/aromatic N) is 4. The molecule has 0 spiro atoms. The van der Waals surface area contributed by atoms with Crippen LogP contribution in [0.25, 0.3) is 0 Å². The number of anilines is 2. The fourth-order valence-electron chi connectivity index (χ4n) is 4.53. The number of halogens is 2. The second-order valence-corrected chi connectivity index (χ2v) is 11.5. The lowest BCUT2D eigenvalue weighted by Gasteiger charge is -2.38. The van der Waals surface area contributed by atoms with Gasteiger partial charge in [0.2, 0.25) is 11.0 Å². The second kappa shape index (κ2) is 11.2. The number of hydrogen-bond acceptors (Lipinski definition) is 9. The summed E-state index contributed by atoms with van der Waals surface area (Å²) in [7, 11) is 0. The van der Waals surface area contributed by atoms with E-state index in [1.54, 1.807) is 23.1 Å². The van der Waals surface area contributed by atoms with E-state index in [0.29, 0.717) is 61.3 Å². The number of ketones is 1. The second-order valence-electron chi connectivity index (χ2n) is 8.54. The normalized spacial score (nSPS) is 17.3. The van der Waals surface area contributed by atoms with E-state index in [-0.39, 0.29) is 28.8 Å². The zero-order chi connectivity index (χ0) is 26.8. The molecule has 1 aliphatic carbocycles. The van der Waals surface area contributed by atoms with E-state index < -0.39 is 5.92 Å². The Labute approximate surface area is 237 Å².